The Bertz CT molecular complexity index is 694. The van der Waals surface area contributed by atoms with Crippen molar-refractivity contribution in [2.75, 3.05) is 7.11 Å². The van der Waals surface area contributed by atoms with E-state index in [2.05, 4.69) is 0 Å². The number of rotatable bonds is 5. The molecule has 2 rings (SSSR count). The first-order chi connectivity index (χ1) is 10.5. The molecule has 0 radical (unpaired) electrons. The van der Waals surface area contributed by atoms with Crippen LogP contribution in [0, 0.1) is 11.6 Å². The molecular formula is C17H16F2O3. The van der Waals surface area contributed by atoms with Gasteiger partial charge in [0.05, 0.1) is 12.7 Å². The number of halogens is 2. The zero-order valence-corrected chi connectivity index (χ0v) is 12.3. The van der Waals surface area contributed by atoms with Gasteiger partial charge in [-0.1, -0.05) is 37.6 Å². The number of hydrogen-bond donors (Lipinski definition) is 1. The predicted octanol–water partition coefficient (Wildman–Crippen LogP) is 4.29. The van der Waals surface area contributed by atoms with Gasteiger partial charge in [-0.15, -0.1) is 0 Å². The van der Waals surface area contributed by atoms with Gasteiger partial charge in [0.2, 0.25) is 0 Å². The molecule has 2 aromatic carbocycles. The number of ether oxygens (including phenoxy) is 1. The summed E-state index contributed by atoms with van der Waals surface area (Å²) in [5, 5.41) is 8.99. The van der Waals surface area contributed by atoms with E-state index in [0.29, 0.717) is 5.56 Å². The van der Waals surface area contributed by atoms with E-state index in [1.165, 1.54) is 0 Å². The second-order valence-corrected chi connectivity index (χ2v) is 4.88. The molecule has 0 aliphatic heterocycles. The number of aromatic carboxylic acids is 1. The van der Waals surface area contributed by atoms with Crippen molar-refractivity contribution in [3.05, 3.63) is 53.1 Å². The molecule has 0 fully saturated rings. The monoisotopic (exact) mass is 306 g/mol. The van der Waals surface area contributed by atoms with Gasteiger partial charge in [-0.3, -0.25) is 0 Å². The zero-order chi connectivity index (χ0) is 16.3. The van der Waals surface area contributed by atoms with Gasteiger partial charge in [-0.05, 0) is 23.6 Å². The Hall–Kier alpha value is -2.43. The van der Waals surface area contributed by atoms with E-state index in [9.17, 15) is 13.6 Å². The van der Waals surface area contributed by atoms with Crippen LogP contribution in [0.4, 0.5) is 8.78 Å². The molecule has 0 saturated heterocycles. The van der Waals surface area contributed by atoms with E-state index in [1.807, 2.05) is 6.92 Å². The van der Waals surface area contributed by atoms with Crippen molar-refractivity contribution >= 4 is 5.97 Å². The molecule has 0 aromatic heterocycles. The summed E-state index contributed by atoms with van der Waals surface area (Å²) in [6, 6.07) is 7.61. The maximum atomic E-state index is 14.5. The summed E-state index contributed by atoms with van der Waals surface area (Å²) in [6.07, 6.45) is 1.86. The van der Waals surface area contributed by atoms with Gasteiger partial charge in [-0.25, -0.2) is 13.6 Å². The Balaban J connectivity index is 2.58. The van der Waals surface area contributed by atoms with Crippen molar-refractivity contribution in [2.45, 2.75) is 19.8 Å². The average molecular weight is 306 g/mol. The fourth-order valence-corrected chi connectivity index (χ4v) is 2.35. The summed E-state index contributed by atoms with van der Waals surface area (Å²) in [5.74, 6) is -3.86. The van der Waals surface area contributed by atoms with Crippen molar-refractivity contribution < 1.29 is 23.4 Å². The third-order valence-corrected chi connectivity index (χ3v) is 3.39. The number of carboxylic acids is 1. The number of methoxy groups -OCH3 is 1. The fraction of sp³-hybridized carbons (Fsp3) is 0.235. The molecule has 2 aromatic rings. The summed E-state index contributed by atoms with van der Waals surface area (Å²) in [5.41, 5.74) is 0.583. The van der Waals surface area contributed by atoms with Crippen LogP contribution >= 0.6 is 0 Å². The van der Waals surface area contributed by atoms with Gasteiger partial charge in [0.15, 0.2) is 11.6 Å². The van der Waals surface area contributed by atoms with Gasteiger partial charge in [0.1, 0.15) is 11.4 Å². The largest absolute Gasteiger partial charge is 0.493 e. The number of benzene rings is 2. The van der Waals surface area contributed by atoms with Crippen molar-refractivity contribution in [1.29, 1.82) is 0 Å². The van der Waals surface area contributed by atoms with Gasteiger partial charge in [0, 0.05) is 0 Å². The van der Waals surface area contributed by atoms with E-state index < -0.39 is 28.9 Å². The highest BCUT2D eigenvalue weighted by molar-refractivity contribution is 5.92. The van der Waals surface area contributed by atoms with Crippen LogP contribution in [0.25, 0.3) is 11.1 Å². The Labute approximate surface area is 127 Å². The van der Waals surface area contributed by atoms with Crippen LogP contribution in [-0.2, 0) is 6.42 Å². The molecule has 0 saturated carbocycles. The first-order valence-electron chi connectivity index (χ1n) is 6.88. The lowest BCUT2D eigenvalue weighted by Gasteiger charge is -2.12. The SMILES string of the molecule is CCCc1ccc(-c2c(F)cc(C(=O)O)c(OC)c2F)cc1. The minimum Gasteiger partial charge on any atom is -0.493 e. The van der Waals surface area contributed by atoms with E-state index in [1.54, 1.807) is 24.3 Å². The summed E-state index contributed by atoms with van der Waals surface area (Å²) in [7, 11) is 1.15. The average Bonchev–Trinajstić information content (AvgIpc) is 2.48. The van der Waals surface area contributed by atoms with Crippen LogP contribution < -0.4 is 4.74 Å². The highest BCUT2D eigenvalue weighted by Gasteiger charge is 2.23. The summed E-state index contributed by atoms with van der Waals surface area (Å²) >= 11 is 0. The summed E-state index contributed by atoms with van der Waals surface area (Å²) in [4.78, 5) is 11.0. The molecule has 0 spiro atoms. The maximum absolute atomic E-state index is 14.5. The Morgan fingerprint density at radius 1 is 1.23 bits per heavy atom. The predicted molar refractivity (Wildman–Crippen MR) is 79.3 cm³/mol. The first kappa shape index (κ1) is 15.9. The standard InChI is InChI=1S/C17H16F2O3/c1-3-4-10-5-7-11(8-6-10)14-13(18)9-12(17(20)21)16(22-2)15(14)19/h5-9H,3-4H2,1-2H3,(H,20,21). The molecule has 0 amide bonds. The lowest BCUT2D eigenvalue weighted by Crippen LogP contribution is -2.06. The normalized spacial score (nSPS) is 10.5. The molecule has 0 unspecified atom stereocenters. The van der Waals surface area contributed by atoms with Crippen LogP contribution in [0.1, 0.15) is 29.3 Å². The molecule has 116 valence electrons. The fourth-order valence-electron chi connectivity index (χ4n) is 2.35. The van der Waals surface area contributed by atoms with Crippen LogP contribution in [0.2, 0.25) is 0 Å². The second-order valence-electron chi connectivity index (χ2n) is 4.88. The van der Waals surface area contributed by atoms with Gasteiger partial charge < -0.3 is 9.84 Å². The number of carbonyl (C=O) groups is 1. The van der Waals surface area contributed by atoms with Crippen molar-refractivity contribution in [1.82, 2.24) is 0 Å². The lowest BCUT2D eigenvalue weighted by atomic mass is 9.99. The Morgan fingerprint density at radius 3 is 2.36 bits per heavy atom. The van der Waals surface area contributed by atoms with Crippen molar-refractivity contribution in [3.63, 3.8) is 0 Å². The lowest BCUT2D eigenvalue weighted by molar-refractivity contribution is 0.0691. The van der Waals surface area contributed by atoms with Crippen LogP contribution in [0.15, 0.2) is 30.3 Å². The smallest absolute Gasteiger partial charge is 0.339 e. The molecular weight excluding hydrogens is 290 g/mol. The number of aryl methyl sites for hydroxylation is 1. The van der Waals surface area contributed by atoms with E-state index in [-0.39, 0.29) is 5.56 Å². The molecule has 1 N–H and O–H groups in total. The van der Waals surface area contributed by atoms with E-state index in [0.717, 1.165) is 31.6 Å². The Kier molecular flexibility index (Phi) is 4.75. The molecule has 0 atom stereocenters. The zero-order valence-electron chi connectivity index (χ0n) is 12.3. The second kappa shape index (κ2) is 6.56. The van der Waals surface area contributed by atoms with Crippen LogP contribution in [0.5, 0.6) is 5.75 Å². The Morgan fingerprint density at radius 2 is 1.86 bits per heavy atom. The van der Waals surface area contributed by atoms with Crippen LogP contribution in [0.3, 0.4) is 0 Å². The highest BCUT2D eigenvalue weighted by atomic mass is 19.1. The van der Waals surface area contributed by atoms with Crippen LogP contribution in [-0.4, -0.2) is 18.2 Å². The summed E-state index contributed by atoms with van der Waals surface area (Å²) < 4.78 is 33.4. The topological polar surface area (TPSA) is 46.5 Å². The van der Waals surface area contributed by atoms with Crippen molar-refractivity contribution in [3.8, 4) is 16.9 Å². The molecule has 0 bridgehead atoms. The molecule has 22 heavy (non-hydrogen) atoms. The maximum Gasteiger partial charge on any atom is 0.339 e. The van der Waals surface area contributed by atoms with Gasteiger partial charge >= 0.3 is 5.97 Å². The number of carboxylic acid groups (broad SMARTS) is 1. The molecule has 0 aliphatic rings. The highest BCUT2D eigenvalue weighted by Crippen LogP contribution is 2.35. The molecule has 5 heteroatoms. The quantitative estimate of drug-likeness (QED) is 0.896. The van der Waals surface area contributed by atoms with E-state index in [4.69, 9.17) is 9.84 Å². The minimum atomic E-state index is -1.44. The third-order valence-electron chi connectivity index (χ3n) is 3.39. The van der Waals surface area contributed by atoms with Gasteiger partial charge in [0.25, 0.3) is 0 Å². The third kappa shape index (κ3) is 2.93. The first-order valence-corrected chi connectivity index (χ1v) is 6.88. The number of hydrogen-bond acceptors (Lipinski definition) is 2. The van der Waals surface area contributed by atoms with Crippen molar-refractivity contribution in [2.24, 2.45) is 0 Å². The molecule has 0 aliphatic carbocycles. The molecule has 0 heterocycles. The summed E-state index contributed by atoms with van der Waals surface area (Å²) in [6.45, 7) is 2.04. The minimum absolute atomic E-state index is 0.287. The van der Waals surface area contributed by atoms with E-state index >= 15 is 0 Å². The van der Waals surface area contributed by atoms with Gasteiger partial charge in [-0.2, -0.15) is 0 Å². The molecule has 3 nitrogen and oxygen atoms in total.